The lowest BCUT2D eigenvalue weighted by molar-refractivity contribution is -0.123. The Morgan fingerprint density at radius 3 is 2.44 bits per heavy atom. The number of amides is 1. The van der Waals surface area contributed by atoms with Crippen molar-refractivity contribution in [2.75, 3.05) is 26.7 Å². The molecule has 2 atom stereocenters. The summed E-state index contributed by atoms with van der Waals surface area (Å²) in [4.78, 5) is 28.2. The first-order valence-electron chi connectivity index (χ1n) is 11.4. The van der Waals surface area contributed by atoms with Crippen molar-refractivity contribution in [3.63, 3.8) is 0 Å². The smallest absolute Gasteiger partial charge is 0.220 e. The number of carbonyl (C=O) groups excluding carboxylic acids is 2. The third-order valence-electron chi connectivity index (χ3n) is 6.02. The van der Waals surface area contributed by atoms with Crippen LogP contribution in [0.4, 0.5) is 0 Å². The van der Waals surface area contributed by atoms with E-state index < -0.39 is 6.10 Å². The number of aliphatic hydroxyl groups excluding tert-OH is 1. The number of rotatable bonds is 12. The van der Waals surface area contributed by atoms with E-state index in [1.807, 2.05) is 18.4 Å². The molecule has 1 fully saturated rings. The number of hydrogen-bond donors (Lipinski definition) is 2. The lowest BCUT2D eigenvalue weighted by Crippen LogP contribution is -2.46. The Hall–Kier alpha value is -2.22. The van der Waals surface area contributed by atoms with Crippen molar-refractivity contribution in [3.8, 4) is 5.75 Å². The second kappa shape index (κ2) is 12.1. The zero-order chi connectivity index (χ0) is 22.9. The van der Waals surface area contributed by atoms with Crippen LogP contribution < -0.4 is 10.1 Å². The van der Waals surface area contributed by atoms with Gasteiger partial charge in [0.05, 0.1) is 13.2 Å². The Balaban J connectivity index is 1.47. The fourth-order valence-corrected chi connectivity index (χ4v) is 5.09. The highest BCUT2D eigenvalue weighted by molar-refractivity contribution is 7.10. The van der Waals surface area contributed by atoms with Crippen LogP contribution in [0, 0.1) is 6.92 Å². The highest BCUT2D eigenvalue weighted by Gasteiger charge is 2.28. The number of aryl methyl sites for hydroxylation is 1. The highest BCUT2D eigenvalue weighted by Crippen LogP contribution is 2.27. The Labute approximate surface area is 194 Å². The van der Waals surface area contributed by atoms with Crippen LogP contribution in [0.1, 0.15) is 65.4 Å². The van der Waals surface area contributed by atoms with Gasteiger partial charge < -0.3 is 20.1 Å². The zero-order valence-corrected chi connectivity index (χ0v) is 19.8. The van der Waals surface area contributed by atoms with Gasteiger partial charge in [-0.05, 0) is 87.0 Å². The monoisotopic (exact) mass is 458 g/mol. The van der Waals surface area contributed by atoms with E-state index in [9.17, 15) is 14.7 Å². The fraction of sp³-hybridized carbons (Fsp3) is 0.520. The minimum Gasteiger partial charge on any atom is -0.497 e. The van der Waals surface area contributed by atoms with Gasteiger partial charge in [0.1, 0.15) is 11.9 Å². The summed E-state index contributed by atoms with van der Waals surface area (Å²) < 4.78 is 5.12. The van der Waals surface area contributed by atoms with Crippen molar-refractivity contribution in [3.05, 3.63) is 51.7 Å². The molecular formula is C25H34N2O4S. The molecule has 0 radical (unpaired) electrons. The number of likely N-dealkylation sites (tertiary alicyclic amines) is 1. The average Bonchev–Trinajstić information content (AvgIpc) is 3.47. The SMILES string of the molecule is COc1ccc(C(=O)CCCCC(=O)NC(CN2CCCC2)C(O)c2sccc2C)cc1. The first-order chi connectivity index (χ1) is 15.5. The maximum Gasteiger partial charge on any atom is 0.220 e. The molecule has 1 saturated heterocycles. The van der Waals surface area contributed by atoms with E-state index >= 15 is 0 Å². The van der Waals surface area contributed by atoms with E-state index in [0.29, 0.717) is 37.8 Å². The van der Waals surface area contributed by atoms with Crippen molar-refractivity contribution < 1.29 is 19.4 Å². The molecule has 0 bridgehead atoms. The van der Waals surface area contributed by atoms with Gasteiger partial charge in [0, 0.05) is 29.8 Å². The Bertz CT molecular complexity index is 874. The number of nitrogens with one attached hydrogen (secondary N) is 1. The summed E-state index contributed by atoms with van der Waals surface area (Å²) >= 11 is 1.53. The van der Waals surface area contributed by atoms with Crippen LogP contribution in [0.5, 0.6) is 5.75 Å². The number of unbranched alkanes of at least 4 members (excludes halogenated alkanes) is 1. The van der Waals surface area contributed by atoms with Gasteiger partial charge in [-0.25, -0.2) is 0 Å². The molecular weight excluding hydrogens is 424 g/mol. The van der Waals surface area contributed by atoms with Crippen LogP contribution in [0.25, 0.3) is 0 Å². The molecule has 6 nitrogen and oxygen atoms in total. The van der Waals surface area contributed by atoms with Gasteiger partial charge in [0.2, 0.25) is 5.91 Å². The van der Waals surface area contributed by atoms with Gasteiger partial charge >= 0.3 is 0 Å². The predicted molar refractivity (Wildman–Crippen MR) is 127 cm³/mol. The number of carbonyl (C=O) groups is 2. The Morgan fingerprint density at radius 1 is 1.12 bits per heavy atom. The summed E-state index contributed by atoms with van der Waals surface area (Å²) in [5.41, 5.74) is 1.72. The third-order valence-corrected chi connectivity index (χ3v) is 7.11. The van der Waals surface area contributed by atoms with Crippen LogP contribution >= 0.6 is 11.3 Å². The van der Waals surface area contributed by atoms with Gasteiger partial charge in [-0.2, -0.15) is 0 Å². The number of nitrogens with zero attached hydrogens (tertiary/aromatic N) is 1. The number of thiophene rings is 1. The van der Waals surface area contributed by atoms with Crippen molar-refractivity contribution in [1.82, 2.24) is 10.2 Å². The topological polar surface area (TPSA) is 78.9 Å². The molecule has 0 aliphatic carbocycles. The molecule has 2 N–H and O–H groups in total. The van der Waals surface area contributed by atoms with Gasteiger partial charge in [0.25, 0.3) is 0 Å². The van der Waals surface area contributed by atoms with Crippen LogP contribution in [0.2, 0.25) is 0 Å². The van der Waals surface area contributed by atoms with Gasteiger partial charge in [-0.1, -0.05) is 0 Å². The Morgan fingerprint density at radius 2 is 1.81 bits per heavy atom. The molecule has 1 aromatic carbocycles. The lowest BCUT2D eigenvalue weighted by atomic mass is 10.0. The summed E-state index contributed by atoms with van der Waals surface area (Å²) in [6.07, 6.45) is 3.67. The van der Waals surface area contributed by atoms with Crippen LogP contribution in [0.3, 0.4) is 0 Å². The molecule has 7 heteroatoms. The van der Waals surface area contributed by atoms with Crippen LogP contribution in [-0.2, 0) is 4.79 Å². The zero-order valence-electron chi connectivity index (χ0n) is 19.0. The van der Waals surface area contributed by atoms with E-state index in [0.717, 1.165) is 42.1 Å². The number of hydrogen-bond acceptors (Lipinski definition) is 6. The largest absolute Gasteiger partial charge is 0.497 e. The lowest BCUT2D eigenvalue weighted by Gasteiger charge is -2.28. The van der Waals surface area contributed by atoms with E-state index in [1.165, 1.54) is 11.3 Å². The van der Waals surface area contributed by atoms with E-state index in [-0.39, 0.29) is 17.7 Å². The number of ether oxygens (including phenoxy) is 1. The second-order valence-corrected chi connectivity index (χ2v) is 9.40. The minimum atomic E-state index is -0.712. The van der Waals surface area contributed by atoms with Gasteiger partial charge in [-0.15, -0.1) is 11.3 Å². The summed E-state index contributed by atoms with van der Waals surface area (Å²) in [5, 5.41) is 16.0. The molecule has 0 saturated carbocycles. The number of ketones is 1. The maximum atomic E-state index is 12.6. The number of methoxy groups -OCH3 is 1. The summed E-state index contributed by atoms with van der Waals surface area (Å²) in [7, 11) is 1.60. The first-order valence-corrected chi connectivity index (χ1v) is 12.3. The molecule has 3 rings (SSSR count). The average molecular weight is 459 g/mol. The molecule has 2 heterocycles. The molecule has 0 spiro atoms. The predicted octanol–water partition coefficient (Wildman–Crippen LogP) is 4.12. The van der Waals surface area contributed by atoms with Crippen molar-refractivity contribution >= 4 is 23.0 Å². The quantitative estimate of drug-likeness (QED) is 0.369. The number of aliphatic hydroxyl groups is 1. The molecule has 1 amide bonds. The minimum absolute atomic E-state index is 0.0700. The number of benzene rings is 1. The summed E-state index contributed by atoms with van der Waals surface area (Å²) in [5.74, 6) is 0.726. The van der Waals surface area contributed by atoms with Crippen molar-refractivity contribution in [2.45, 2.75) is 57.6 Å². The van der Waals surface area contributed by atoms with Gasteiger partial charge in [0.15, 0.2) is 5.78 Å². The Kier molecular flexibility index (Phi) is 9.26. The molecule has 174 valence electrons. The molecule has 2 unspecified atom stereocenters. The third kappa shape index (κ3) is 6.89. The fourth-order valence-electron chi connectivity index (χ4n) is 4.11. The molecule has 32 heavy (non-hydrogen) atoms. The molecule has 2 aromatic rings. The molecule has 1 aromatic heterocycles. The summed E-state index contributed by atoms with van der Waals surface area (Å²) in [6.45, 7) is 4.66. The standard InChI is InChI=1S/C25H34N2O4S/c1-18-13-16-32-25(18)24(30)21(17-27-14-5-6-15-27)26-23(29)8-4-3-7-22(28)19-9-11-20(31-2)12-10-19/h9-13,16,21,24,30H,3-8,14-15,17H2,1-2H3,(H,26,29). The molecule has 1 aliphatic rings. The van der Waals surface area contributed by atoms with Crippen LogP contribution in [0.15, 0.2) is 35.7 Å². The van der Waals surface area contributed by atoms with E-state index in [2.05, 4.69) is 10.2 Å². The van der Waals surface area contributed by atoms with E-state index in [1.54, 1.807) is 31.4 Å². The normalized spacial score (nSPS) is 16.0. The summed E-state index contributed by atoms with van der Waals surface area (Å²) in [6, 6.07) is 8.76. The number of Topliss-reactive ketones (excluding diaryl/α,β-unsaturated/α-hetero) is 1. The van der Waals surface area contributed by atoms with E-state index in [4.69, 9.17) is 4.74 Å². The van der Waals surface area contributed by atoms with Crippen molar-refractivity contribution in [2.24, 2.45) is 0 Å². The second-order valence-electron chi connectivity index (χ2n) is 8.45. The van der Waals surface area contributed by atoms with Crippen LogP contribution in [-0.4, -0.2) is 54.5 Å². The van der Waals surface area contributed by atoms with Crippen molar-refractivity contribution in [1.29, 1.82) is 0 Å². The maximum absolute atomic E-state index is 12.6. The van der Waals surface area contributed by atoms with Gasteiger partial charge in [-0.3, -0.25) is 9.59 Å². The molecule has 1 aliphatic heterocycles. The highest BCUT2D eigenvalue weighted by atomic mass is 32.1. The first kappa shape index (κ1) is 24.4.